The number of rotatable bonds is 7. The molecule has 0 aromatic carbocycles. The van der Waals surface area contributed by atoms with Crippen LogP contribution in [0, 0.1) is 0 Å². The van der Waals surface area contributed by atoms with Crippen LogP contribution in [0.25, 0.3) is 0 Å². The van der Waals surface area contributed by atoms with Gasteiger partial charge in [0.15, 0.2) is 0 Å². The second-order valence-electron chi connectivity index (χ2n) is 3.55. The second kappa shape index (κ2) is 6.60. The van der Waals surface area contributed by atoms with Crippen LogP contribution in [0.3, 0.4) is 0 Å². The average molecular weight is 243 g/mol. The Bertz CT molecular complexity index is 338. The van der Waals surface area contributed by atoms with Crippen LogP contribution >= 0.6 is 11.8 Å². The number of nitrogens with one attached hydrogen (secondary N) is 1. The molecular weight excluding hydrogens is 226 g/mol. The van der Waals surface area contributed by atoms with Crippen LogP contribution in [0.4, 0.5) is 0 Å². The fraction of sp³-hybridized carbons (Fsp3) is 0.545. The van der Waals surface area contributed by atoms with Crippen molar-refractivity contribution in [3.8, 4) is 0 Å². The first kappa shape index (κ1) is 13.1. The third-order valence-electron chi connectivity index (χ3n) is 2.33. The summed E-state index contributed by atoms with van der Waals surface area (Å²) in [5, 5.41) is 12.1. The van der Waals surface area contributed by atoms with Gasteiger partial charge in [0.25, 0.3) is 0 Å². The normalized spacial score (nSPS) is 12.6. The Kier molecular flexibility index (Phi) is 5.42. The summed E-state index contributed by atoms with van der Waals surface area (Å²) >= 11 is 1.79. The lowest BCUT2D eigenvalue weighted by molar-refractivity contribution is 0.0696. The quantitative estimate of drug-likeness (QED) is 0.768. The third-order valence-corrected chi connectivity index (χ3v) is 3.06. The van der Waals surface area contributed by atoms with Gasteiger partial charge in [-0.25, -0.2) is 4.79 Å². The molecule has 1 aromatic rings. The van der Waals surface area contributed by atoms with Crippen molar-refractivity contribution in [3.63, 3.8) is 0 Å². The lowest BCUT2D eigenvalue weighted by Crippen LogP contribution is -2.29. The van der Waals surface area contributed by atoms with Crippen molar-refractivity contribution >= 4 is 17.7 Å². The number of thioether (sulfide) groups is 1. The molecule has 0 fully saturated rings. The summed E-state index contributed by atoms with van der Waals surface area (Å²) in [6.45, 7) is 2.70. The maximum absolute atomic E-state index is 10.6. The summed E-state index contributed by atoms with van der Waals surface area (Å²) < 4.78 is 5.15. The minimum absolute atomic E-state index is 0.203. The fourth-order valence-electron chi connectivity index (χ4n) is 1.35. The molecule has 0 spiro atoms. The molecule has 4 nitrogen and oxygen atoms in total. The van der Waals surface area contributed by atoms with Crippen LogP contribution in [-0.2, 0) is 6.54 Å². The van der Waals surface area contributed by atoms with Crippen molar-refractivity contribution in [3.05, 3.63) is 23.7 Å². The number of hydrogen-bond donors (Lipinski definition) is 2. The van der Waals surface area contributed by atoms with Gasteiger partial charge >= 0.3 is 5.97 Å². The number of carbonyl (C=O) groups is 1. The number of carboxylic acids is 1. The van der Waals surface area contributed by atoms with Crippen molar-refractivity contribution in [1.29, 1.82) is 0 Å². The van der Waals surface area contributed by atoms with Gasteiger partial charge in [0, 0.05) is 11.8 Å². The largest absolute Gasteiger partial charge is 0.478 e. The second-order valence-corrected chi connectivity index (χ2v) is 4.46. The highest BCUT2D eigenvalue weighted by Gasteiger charge is 2.10. The van der Waals surface area contributed by atoms with Gasteiger partial charge in [-0.3, -0.25) is 0 Å². The van der Waals surface area contributed by atoms with Gasteiger partial charge in [0.1, 0.15) is 12.0 Å². The molecule has 5 heteroatoms. The molecule has 90 valence electrons. The molecule has 0 amide bonds. The van der Waals surface area contributed by atoms with Crippen LogP contribution in [0.5, 0.6) is 0 Å². The zero-order valence-electron chi connectivity index (χ0n) is 9.53. The Hall–Kier alpha value is -0.940. The molecule has 0 radical (unpaired) electrons. The third kappa shape index (κ3) is 3.90. The molecular formula is C11H17NO3S. The fourth-order valence-corrected chi connectivity index (χ4v) is 2.11. The van der Waals surface area contributed by atoms with E-state index in [0.717, 1.165) is 12.2 Å². The molecule has 0 saturated heterocycles. The maximum atomic E-state index is 10.6. The van der Waals surface area contributed by atoms with E-state index in [1.165, 1.54) is 6.26 Å². The van der Waals surface area contributed by atoms with Crippen molar-refractivity contribution in [2.45, 2.75) is 25.9 Å². The lowest BCUT2D eigenvalue weighted by Gasteiger charge is -2.14. The topological polar surface area (TPSA) is 62.5 Å². The molecule has 2 N–H and O–H groups in total. The van der Waals surface area contributed by atoms with Gasteiger partial charge in [-0.1, -0.05) is 6.92 Å². The minimum atomic E-state index is -0.953. The van der Waals surface area contributed by atoms with E-state index >= 15 is 0 Å². The summed E-state index contributed by atoms with van der Waals surface area (Å²) in [7, 11) is 0. The predicted octanol–water partition coefficient (Wildman–Crippen LogP) is 2.21. The summed E-state index contributed by atoms with van der Waals surface area (Å²) in [5.41, 5.74) is 0.203. The first-order valence-corrected chi connectivity index (χ1v) is 6.59. The van der Waals surface area contributed by atoms with E-state index in [9.17, 15) is 4.79 Å². The highest BCUT2D eigenvalue weighted by Crippen LogP contribution is 2.09. The average Bonchev–Trinajstić information content (AvgIpc) is 2.73. The molecule has 0 aliphatic heterocycles. The molecule has 0 aliphatic carbocycles. The summed E-state index contributed by atoms with van der Waals surface area (Å²) in [6, 6.07) is 2.00. The smallest absolute Gasteiger partial charge is 0.338 e. The highest BCUT2D eigenvalue weighted by molar-refractivity contribution is 7.98. The van der Waals surface area contributed by atoms with Crippen molar-refractivity contribution in [2.24, 2.45) is 0 Å². The number of hydrogen-bond acceptors (Lipinski definition) is 4. The summed E-state index contributed by atoms with van der Waals surface area (Å²) in [5.74, 6) is 0.756. The Morgan fingerprint density at radius 3 is 2.94 bits per heavy atom. The van der Waals surface area contributed by atoms with E-state index in [0.29, 0.717) is 18.3 Å². The standard InChI is InChI=1S/C11H17NO3S/c1-3-9(7-16-2)12-5-10-4-8(6-15-10)11(13)14/h4,6,9,12H,3,5,7H2,1-2H3,(H,13,14). The molecule has 1 unspecified atom stereocenters. The SMILES string of the molecule is CCC(CSC)NCc1cc(C(=O)O)co1. The molecule has 1 aromatic heterocycles. The van der Waals surface area contributed by atoms with E-state index in [4.69, 9.17) is 9.52 Å². The Balaban J connectivity index is 2.44. The Morgan fingerprint density at radius 2 is 2.44 bits per heavy atom. The maximum Gasteiger partial charge on any atom is 0.338 e. The molecule has 1 heterocycles. The van der Waals surface area contributed by atoms with Gasteiger partial charge in [0.05, 0.1) is 12.1 Å². The van der Waals surface area contributed by atoms with E-state index in [-0.39, 0.29) is 5.56 Å². The van der Waals surface area contributed by atoms with Crippen LogP contribution in [-0.4, -0.2) is 29.1 Å². The highest BCUT2D eigenvalue weighted by atomic mass is 32.2. The van der Waals surface area contributed by atoms with Crippen LogP contribution in [0.15, 0.2) is 16.7 Å². The van der Waals surface area contributed by atoms with Crippen molar-refractivity contribution in [2.75, 3.05) is 12.0 Å². The zero-order chi connectivity index (χ0) is 12.0. The molecule has 0 aliphatic rings. The van der Waals surface area contributed by atoms with E-state index in [1.807, 2.05) is 0 Å². The Labute approximate surface area is 99.4 Å². The predicted molar refractivity (Wildman–Crippen MR) is 65.0 cm³/mol. The summed E-state index contributed by atoms with van der Waals surface area (Å²) in [6.07, 6.45) is 4.39. The molecule has 1 atom stereocenters. The van der Waals surface area contributed by atoms with Crippen LogP contribution in [0.1, 0.15) is 29.5 Å². The first-order chi connectivity index (χ1) is 7.67. The molecule has 0 bridgehead atoms. The van der Waals surface area contributed by atoms with Gasteiger partial charge in [0.2, 0.25) is 0 Å². The zero-order valence-corrected chi connectivity index (χ0v) is 10.3. The minimum Gasteiger partial charge on any atom is -0.478 e. The van der Waals surface area contributed by atoms with Crippen LogP contribution in [0.2, 0.25) is 0 Å². The number of furan rings is 1. The van der Waals surface area contributed by atoms with Gasteiger partial charge < -0.3 is 14.8 Å². The van der Waals surface area contributed by atoms with Crippen molar-refractivity contribution < 1.29 is 14.3 Å². The van der Waals surface area contributed by atoms with Crippen molar-refractivity contribution in [1.82, 2.24) is 5.32 Å². The molecule has 0 saturated carbocycles. The van der Waals surface area contributed by atoms with E-state index in [2.05, 4.69) is 18.5 Å². The van der Waals surface area contributed by atoms with Crippen LogP contribution < -0.4 is 5.32 Å². The molecule has 16 heavy (non-hydrogen) atoms. The summed E-state index contributed by atoms with van der Waals surface area (Å²) in [4.78, 5) is 10.6. The van der Waals surface area contributed by atoms with E-state index < -0.39 is 5.97 Å². The lowest BCUT2D eigenvalue weighted by atomic mass is 10.2. The number of aromatic carboxylic acids is 1. The van der Waals surface area contributed by atoms with Gasteiger partial charge in [-0.05, 0) is 18.7 Å². The number of carboxylic acid groups (broad SMARTS) is 1. The van der Waals surface area contributed by atoms with Gasteiger partial charge in [-0.15, -0.1) is 0 Å². The van der Waals surface area contributed by atoms with Gasteiger partial charge in [-0.2, -0.15) is 11.8 Å². The first-order valence-electron chi connectivity index (χ1n) is 5.20. The Morgan fingerprint density at radius 1 is 1.69 bits per heavy atom. The monoisotopic (exact) mass is 243 g/mol. The molecule has 1 rings (SSSR count). The van der Waals surface area contributed by atoms with E-state index in [1.54, 1.807) is 17.8 Å².